The number of carbonyl (C=O) groups is 1. The molecule has 0 fully saturated rings. The van der Waals surface area contributed by atoms with Gasteiger partial charge in [-0.3, -0.25) is 13.8 Å². The van der Waals surface area contributed by atoms with E-state index in [1.54, 1.807) is 0 Å². The van der Waals surface area contributed by atoms with Gasteiger partial charge in [-0.15, -0.1) is 0 Å². The molecule has 10 heteroatoms. The van der Waals surface area contributed by atoms with Gasteiger partial charge in [-0.2, -0.15) is 0 Å². The Kier molecular flexibility index (Phi) is 54.7. The molecular weight excluding hydrogens is 976 g/mol. The lowest BCUT2D eigenvalue weighted by Crippen LogP contribution is -2.51. The molecule has 0 aromatic heterocycles. The summed E-state index contributed by atoms with van der Waals surface area (Å²) in [5.41, 5.74) is 0. The van der Waals surface area contributed by atoms with Crippen molar-refractivity contribution in [2.75, 3.05) is 40.9 Å². The number of phosphoric acid groups is 1. The highest BCUT2D eigenvalue weighted by Gasteiger charge is 2.32. The Morgan fingerprint density at radius 2 is 0.805 bits per heavy atom. The smallest absolute Gasteiger partial charge is 0.390 e. The van der Waals surface area contributed by atoms with Crippen LogP contribution in [0.25, 0.3) is 0 Å². The Balaban J connectivity index is 3.99. The topological polar surface area (TPSA) is 125 Å². The lowest BCUT2D eigenvalue weighted by molar-refractivity contribution is -0.870. The van der Waals surface area contributed by atoms with Crippen LogP contribution in [0, 0.1) is 0 Å². The molecule has 4 atom stereocenters. The molecule has 0 aromatic carbocycles. The van der Waals surface area contributed by atoms with Crippen LogP contribution < -0.4 is 5.32 Å². The van der Waals surface area contributed by atoms with E-state index in [-0.39, 0.29) is 18.9 Å². The van der Waals surface area contributed by atoms with Gasteiger partial charge in [-0.25, -0.2) is 4.57 Å². The summed E-state index contributed by atoms with van der Waals surface area (Å²) in [5, 5.41) is 24.8. The zero-order valence-corrected chi connectivity index (χ0v) is 51.4. The van der Waals surface area contributed by atoms with Crippen molar-refractivity contribution in [3.05, 3.63) is 97.2 Å². The number of carbonyl (C=O) groups excluding carboxylic acids is 1. The zero-order chi connectivity index (χ0) is 56.4. The van der Waals surface area contributed by atoms with E-state index >= 15 is 0 Å². The lowest BCUT2D eigenvalue weighted by Gasteiger charge is -2.28. The number of hydrogen-bond donors (Lipinski definition) is 4. The number of rotatable bonds is 57. The number of nitrogens with zero attached hydrogens (tertiary/aromatic N) is 1. The average molecular weight is 1100 g/mol. The Morgan fingerprint density at radius 1 is 0.468 bits per heavy atom. The summed E-state index contributed by atoms with van der Waals surface area (Å²) < 4.78 is 23.6. The normalized spacial score (nSPS) is 14.9. The third-order valence-corrected chi connectivity index (χ3v) is 14.9. The van der Waals surface area contributed by atoms with Crippen molar-refractivity contribution < 1.29 is 38.0 Å². The molecule has 0 bridgehead atoms. The number of aliphatic hydroxyl groups is 2. The van der Waals surface area contributed by atoms with Crippen molar-refractivity contribution in [1.29, 1.82) is 0 Å². The first-order valence-electron chi connectivity index (χ1n) is 31.7. The SMILES string of the molecule is CC/C=C\C/C=C\C/C=C\C/C=C\C/C=C\C/C=C\C/C=C\CCCCCCCCCCCCCCCCCCCCCC(=O)NC(COP(=O)(O)OCC[N+](C)(C)C)C(O)C(O)CCC/C=C/CCCCCCCCC. The Morgan fingerprint density at radius 3 is 1.19 bits per heavy atom. The summed E-state index contributed by atoms with van der Waals surface area (Å²) in [6.07, 6.45) is 78.2. The second kappa shape index (κ2) is 56.6. The van der Waals surface area contributed by atoms with Gasteiger partial charge in [-0.05, 0) is 96.3 Å². The maximum absolute atomic E-state index is 13.0. The minimum Gasteiger partial charge on any atom is -0.390 e. The molecule has 77 heavy (non-hydrogen) atoms. The van der Waals surface area contributed by atoms with Crippen LogP contribution in [0.5, 0.6) is 0 Å². The minimum atomic E-state index is -4.43. The van der Waals surface area contributed by atoms with Crippen LogP contribution in [0.1, 0.15) is 264 Å². The van der Waals surface area contributed by atoms with Crippen LogP contribution in [0.4, 0.5) is 0 Å². The van der Waals surface area contributed by atoms with Crippen molar-refractivity contribution in [2.24, 2.45) is 0 Å². The summed E-state index contributed by atoms with van der Waals surface area (Å²) in [6.45, 7) is 4.47. The second-order valence-corrected chi connectivity index (χ2v) is 24.0. The second-order valence-electron chi connectivity index (χ2n) is 22.5. The molecule has 0 aliphatic heterocycles. The highest BCUT2D eigenvalue weighted by Crippen LogP contribution is 2.43. The van der Waals surface area contributed by atoms with Gasteiger partial charge in [0.05, 0.1) is 39.9 Å². The summed E-state index contributed by atoms with van der Waals surface area (Å²) in [6, 6.07) is -1.05. The van der Waals surface area contributed by atoms with Gasteiger partial charge in [0.15, 0.2) is 0 Å². The standard InChI is InChI=1S/C67H121N2O7P/c1-6-8-10-12-14-16-18-20-21-22-23-24-25-26-27-28-29-30-31-32-33-34-35-36-37-38-39-40-41-42-43-44-45-46-47-48-50-52-54-56-58-60-66(71)68-64(63-76-77(73,74)75-62-61-69(3,4)5)67(72)65(70)59-57-55-53-51-49-19-17-15-13-11-9-7-2/h8,10,14,16,20-21,23-24,26-27,29-30,32-33,51,53,64-65,67,70,72H,6-7,9,11-13,15,17-19,22,25,28,31,34-50,52,54-63H2,1-5H3,(H-,68,71,73,74)/p+1/b10-8-,16-14-,21-20-,24-23-,27-26-,30-29-,33-32-,53-51+. The molecule has 0 saturated carbocycles. The van der Waals surface area contributed by atoms with Crippen molar-refractivity contribution >= 4 is 13.7 Å². The largest absolute Gasteiger partial charge is 0.472 e. The molecule has 4 unspecified atom stereocenters. The van der Waals surface area contributed by atoms with Crippen LogP contribution >= 0.6 is 7.82 Å². The molecule has 9 nitrogen and oxygen atoms in total. The first-order chi connectivity index (χ1) is 37.4. The molecule has 1 amide bonds. The van der Waals surface area contributed by atoms with Crippen molar-refractivity contribution in [3.63, 3.8) is 0 Å². The van der Waals surface area contributed by atoms with Crippen LogP contribution in [0.3, 0.4) is 0 Å². The maximum Gasteiger partial charge on any atom is 0.472 e. The predicted octanol–water partition coefficient (Wildman–Crippen LogP) is 18.7. The van der Waals surface area contributed by atoms with E-state index in [9.17, 15) is 24.5 Å². The van der Waals surface area contributed by atoms with Gasteiger partial charge in [0, 0.05) is 6.42 Å². The van der Waals surface area contributed by atoms with E-state index < -0.39 is 32.7 Å². The molecule has 0 radical (unpaired) electrons. The molecule has 0 aliphatic rings. The third kappa shape index (κ3) is 57.9. The number of phosphoric ester groups is 1. The van der Waals surface area contributed by atoms with Crippen LogP contribution in [0.2, 0.25) is 0 Å². The van der Waals surface area contributed by atoms with Crippen LogP contribution in [-0.2, 0) is 18.4 Å². The van der Waals surface area contributed by atoms with E-state index in [1.165, 1.54) is 154 Å². The number of aliphatic hydroxyl groups excluding tert-OH is 2. The number of nitrogens with one attached hydrogen (secondary N) is 1. The summed E-state index contributed by atoms with van der Waals surface area (Å²) in [5.74, 6) is -0.268. The minimum absolute atomic E-state index is 0.0148. The van der Waals surface area contributed by atoms with E-state index in [1.807, 2.05) is 21.1 Å². The fourth-order valence-corrected chi connectivity index (χ4v) is 9.68. The molecule has 4 N–H and O–H groups in total. The van der Waals surface area contributed by atoms with Crippen molar-refractivity contribution in [3.8, 4) is 0 Å². The number of unbranched alkanes of at least 4 members (excludes halogenated alkanes) is 27. The Hall–Kier alpha value is -2.62. The monoisotopic (exact) mass is 1100 g/mol. The number of allylic oxidation sites excluding steroid dienone is 16. The number of amides is 1. The maximum atomic E-state index is 13.0. The average Bonchev–Trinajstić information content (AvgIpc) is 3.39. The van der Waals surface area contributed by atoms with Gasteiger partial charge in [0.2, 0.25) is 5.91 Å². The summed E-state index contributed by atoms with van der Waals surface area (Å²) in [7, 11) is 1.42. The van der Waals surface area contributed by atoms with Crippen LogP contribution in [-0.4, -0.2) is 84.6 Å². The number of hydrogen-bond acceptors (Lipinski definition) is 6. The van der Waals surface area contributed by atoms with Gasteiger partial charge in [0.1, 0.15) is 19.3 Å². The molecule has 0 saturated heterocycles. The molecule has 0 heterocycles. The quantitative estimate of drug-likeness (QED) is 0.0207. The molecule has 446 valence electrons. The Bertz CT molecular complexity index is 1590. The van der Waals surface area contributed by atoms with E-state index in [2.05, 4.69) is 116 Å². The van der Waals surface area contributed by atoms with Crippen molar-refractivity contribution in [1.82, 2.24) is 5.32 Å². The van der Waals surface area contributed by atoms with E-state index in [0.29, 0.717) is 23.9 Å². The van der Waals surface area contributed by atoms with Crippen molar-refractivity contribution in [2.45, 2.75) is 283 Å². The fourth-order valence-electron chi connectivity index (χ4n) is 8.95. The van der Waals surface area contributed by atoms with Gasteiger partial charge in [0.25, 0.3) is 0 Å². The molecular formula is C67H122N2O7P+. The molecule has 0 rings (SSSR count). The Labute approximate surface area is 475 Å². The molecule has 0 aliphatic carbocycles. The van der Waals surface area contributed by atoms with Gasteiger partial charge < -0.3 is 24.9 Å². The highest BCUT2D eigenvalue weighted by atomic mass is 31.2. The molecule has 0 aromatic rings. The first kappa shape index (κ1) is 74.4. The van der Waals surface area contributed by atoms with E-state index in [0.717, 1.165) is 77.0 Å². The van der Waals surface area contributed by atoms with Crippen LogP contribution in [0.15, 0.2) is 97.2 Å². The zero-order valence-electron chi connectivity index (χ0n) is 50.5. The number of quaternary nitrogens is 1. The highest BCUT2D eigenvalue weighted by molar-refractivity contribution is 7.47. The predicted molar refractivity (Wildman–Crippen MR) is 333 cm³/mol. The number of likely N-dealkylation sites (N-methyl/N-ethyl adjacent to an activating group) is 1. The van der Waals surface area contributed by atoms with Gasteiger partial charge in [-0.1, -0.05) is 259 Å². The summed E-state index contributed by atoms with van der Waals surface area (Å²) >= 11 is 0. The lowest BCUT2D eigenvalue weighted by atomic mass is 10.0. The molecule has 0 spiro atoms. The van der Waals surface area contributed by atoms with E-state index in [4.69, 9.17) is 9.05 Å². The summed E-state index contributed by atoms with van der Waals surface area (Å²) in [4.78, 5) is 23.3. The first-order valence-corrected chi connectivity index (χ1v) is 33.2. The fraction of sp³-hybridized carbons (Fsp3) is 0.746. The van der Waals surface area contributed by atoms with Gasteiger partial charge >= 0.3 is 7.82 Å². The third-order valence-electron chi connectivity index (χ3n) is 13.9.